The van der Waals surface area contributed by atoms with E-state index in [1.165, 1.54) is 6.07 Å². The second-order valence-electron chi connectivity index (χ2n) is 2.35. The zero-order valence-corrected chi connectivity index (χ0v) is 6.10. The van der Waals surface area contributed by atoms with Gasteiger partial charge in [0.1, 0.15) is 5.82 Å². The molecule has 11 heavy (non-hydrogen) atoms. The molecule has 0 aromatic heterocycles. The third-order valence-corrected chi connectivity index (χ3v) is 1.51. The van der Waals surface area contributed by atoms with Crippen LogP contribution in [-0.2, 0) is 0 Å². The maximum Gasteiger partial charge on any atom is 0.153 e. The Kier molecular flexibility index (Phi) is 1.89. The minimum atomic E-state index is -0.567. The second-order valence-corrected chi connectivity index (χ2v) is 2.35. The average Bonchev–Trinajstić information content (AvgIpc) is 1.97. The van der Waals surface area contributed by atoms with Crippen LogP contribution >= 0.6 is 0 Å². The fourth-order valence-corrected chi connectivity index (χ4v) is 0.810. The van der Waals surface area contributed by atoms with E-state index in [9.17, 15) is 9.18 Å². The van der Waals surface area contributed by atoms with E-state index in [0.717, 1.165) is 6.07 Å². The van der Waals surface area contributed by atoms with Crippen molar-refractivity contribution in [1.29, 1.82) is 0 Å². The third-order valence-electron chi connectivity index (χ3n) is 1.51. The zero-order chi connectivity index (χ0) is 8.43. The molecule has 0 spiro atoms. The van der Waals surface area contributed by atoms with E-state index in [1.807, 2.05) is 0 Å². The Morgan fingerprint density at radius 2 is 2.18 bits per heavy atom. The van der Waals surface area contributed by atoms with Crippen molar-refractivity contribution in [2.45, 2.75) is 6.92 Å². The standard InChI is InChI=1S/C8H8FNO/c1-5-2-6(4-11)7(9)3-8(5)10/h2-4H,10H2,1H3. The van der Waals surface area contributed by atoms with Gasteiger partial charge in [-0.3, -0.25) is 4.79 Å². The van der Waals surface area contributed by atoms with Gasteiger partial charge in [0.2, 0.25) is 0 Å². The minimum Gasteiger partial charge on any atom is -0.398 e. The number of nitrogens with two attached hydrogens (primary N) is 1. The largest absolute Gasteiger partial charge is 0.398 e. The number of hydrogen-bond donors (Lipinski definition) is 1. The lowest BCUT2D eigenvalue weighted by molar-refractivity contribution is 0.112. The van der Waals surface area contributed by atoms with E-state index in [2.05, 4.69) is 0 Å². The first kappa shape index (κ1) is 7.72. The Labute approximate surface area is 63.8 Å². The summed E-state index contributed by atoms with van der Waals surface area (Å²) in [6.45, 7) is 1.72. The first-order valence-electron chi connectivity index (χ1n) is 3.16. The summed E-state index contributed by atoms with van der Waals surface area (Å²) in [4.78, 5) is 10.2. The topological polar surface area (TPSA) is 43.1 Å². The number of aldehydes is 1. The van der Waals surface area contributed by atoms with E-state index in [4.69, 9.17) is 5.73 Å². The van der Waals surface area contributed by atoms with Crippen molar-refractivity contribution in [1.82, 2.24) is 0 Å². The van der Waals surface area contributed by atoms with Crippen LogP contribution in [0.2, 0.25) is 0 Å². The molecule has 0 heterocycles. The molecule has 0 bridgehead atoms. The summed E-state index contributed by atoms with van der Waals surface area (Å²) in [6.07, 6.45) is 0.474. The number of hydrogen-bond acceptors (Lipinski definition) is 2. The highest BCUT2D eigenvalue weighted by Gasteiger charge is 2.02. The maximum atomic E-state index is 12.7. The Morgan fingerprint density at radius 3 is 2.73 bits per heavy atom. The van der Waals surface area contributed by atoms with Crippen molar-refractivity contribution in [2.24, 2.45) is 0 Å². The first-order chi connectivity index (χ1) is 5.15. The molecule has 1 rings (SSSR count). The fourth-order valence-electron chi connectivity index (χ4n) is 0.810. The summed E-state index contributed by atoms with van der Waals surface area (Å²) >= 11 is 0. The number of benzene rings is 1. The van der Waals surface area contributed by atoms with Crippen molar-refractivity contribution < 1.29 is 9.18 Å². The van der Waals surface area contributed by atoms with Crippen molar-refractivity contribution in [3.05, 3.63) is 29.1 Å². The lowest BCUT2D eigenvalue weighted by Gasteiger charge is -2.00. The minimum absolute atomic E-state index is 0.0525. The smallest absolute Gasteiger partial charge is 0.153 e. The van der Waals surface area contributed by atoms with Gasteiger partial charge < -0.3 is 5.73 Å². The van der Waals surface area contributed by atoms with Crippen LogP contribution in [-0.4, -0.2) is 6.29 Å². The Hall–Kier alpha value is -1.38. The van der Waals surface area contributed by atoms with Crippen LogP contribution < -0.4 is 5.73 Å². The molecule has 0 radical (unpaired) electrons. The van der Waals surface area contributed by atoms with Gasteiger partial charge in [0.25, 0.3) is 0 Å². The van der Waals surface area contributed by atoms with Crippen LogP contribution in [0, 0.1) is 12.7 Å². The van der Waals surface area contributed by atoms with Crippen molar-refractivity contribution in [3.63, 3.8) is 0 Å². The van der Waals surface area contributed by atoms with Crippen LogP contribution in [0.4, 0.5) is 10.1 Å². The molecule has 1 aromatic carbocycles. The van der Waals surface area contributed by atoms with Gasteiger partial charge in [0, 0.05) is 5.69 Å². The highest BCUT2D eigenvalue weighted by atomic mass is 19.1. The molecule has 0 aliphatic carbocycles. The molecule has 1 aromatic rings. The van der Waals surface area contributed by atoms with Crippen LogP contribution in [0.15, 0.2) is 12.1 Å². The van der Waals surface area contributed by atoms with Crippen molar-refractivity contribution in [3.8, 4) is 0 Å². The van der Waals surface area contributed by atoms with Gasteiger partial charge in [-0.15, -0.1) is 0 Å². The average molecular weight is 153 g/mol. The predicted octanol–water partition coefficient (Wildman–Crippen LogP) is 1.53. The van der Waals surface area contributed by atoms with Gasteiger partial charge >= 0.3 is 0 Å². The molecule has 2 nitrogen and oxygen atoms in total. The summed E-state index contributed by atoms with van der Waals surface area (Å²) < 4.78 is 12.7. The molecule has 0 atom stereocenters. The van der Waals surface area contributed by atoms with E-state index in [0.29, 0.717) is 17.5 Å². The molecule has 2 N–H and O–H groups in total. The molecule has 0 amide bonds. The molecular weight excluding hydrogens is 145 g/mol. The number of carbonyl (C=O) groups is 1. The molecule has 0 saturated heterocycles. The van der Waals surface area contributed by atoms with Crippen molar-refractivity contribution >= 4 is 12.0 Å². The monoisotopic (exact) mass is 153 g/mol. The molecule has 0 aliphatic rings. The number of halogens is 1. The van der Waals surface area contributed by atoms with E-state index in [-0.39, 0.29) is 5.56 Å². The van der Waals surface area contributed by atoms with Crippen LogP contribution in [0.3, 0.4) is 0 Å². The van der Waals surface area contributed by atoms with Gasteiger partial charge in [0.15, 0.2) is 6.29 Å². The normalized spacial score (nSPS) is 9.64. The fraction of sp³-hybridized carbons (Fsp3) is 0.125. The second kappa shape index (κ2) is 2.70. The highest BCUT2D eigenvalue weighted by Crippen LogP contribution is 2.15. The lowest BCUT2D eigenvalue weighted by Crippen LogP contribution is -1.95. The van der Waals surface area contributed by atoms with Gasteiger partial charge in [-0.2, -0.15) is 0 Å². The van der Waals surface area contributed by atoms with Gasteiger partial charge in [-0.1, -0.05) is 0 Å². The van der Waals surface area contributed by atoms with E-state index < -0.39 is 5.82 Å². The summed E-state index contributed by atoms with van der Waals surface area (Å²) in [5.74, 6) is -0.567. The third kappa shape index (κ3) is 1.37. The molecular formula is C8H8FNO. The molecule has 58 valence electrons. The van der Waals surface area contributed by atoms with E-state index in [1.54, 1.807) is 6.92 Å². The number of carbonyl (C=O) groups excluding carboxylic acids is 1. The van der Waals surface area contributed by atoms with E-state index >= 15 is 0 Å². The summed E-state index contributed by atoms with van der Waals surface area (Å²) in [6, 6.07) is 2.58. The molecule has 0 unspecified atom stereocenters. The summed E-state index contributed by atoms with van der Waals surface area (Å²) in [5.41, 5.74) is 6.53. The Bertz CT molecular complexity index is 296. The molecule has 0 fully saturated rings. The number of aryl methyl sites for hydroxylation is 1. The maximum absolute atomic E-state index is 12.7. The lowest BCUT2D eigenvalue weighted by atomic mass is 10.1. The number of anilines is 1. The Balaban J connectivity index is 3.31. The molecule has 0 aliphatic heterocycles. The summed E-state index contributed by atoms with van der Waals surface area (Å²) in [7, 11) is 0. The predicted molar refractivity (Wildman–Crippen MR) is 40.9 cm³/mol. The number of rotatable bonds is 1. The van der Waals surface area contributed by atoms with Gasteiger partial charge in [-0.25, -0.2) is 4.39 Å². The van der Waals surface area contributed by atoms with Gasteiger partial charge in [-0.05, 0) is 24.6 Å². The summed E-state index contributed by atoms with van der Waals surface area (Å²) in [5, 5.41) is 0. The van der Waals surface area contributed by atoms with Crippen LogP contribution in [0.25, 0.3) is 0 Å². The highest BCUT2D eigenvalue weighted by molar-refractivity contribution is 5.77. The first-order valence-corrected chi connectivity index (χ1v) is 3.16. The SMILES string of the molecule is Cc1cc(C=O)c(F)cc1N. The number of nitrogen functional groups attached to an aromatic ring is 1. The van der Waals surface area contributed by atoms with Crippen molar-refractivity contribution in [2.75, 3.05) is 5.73 Å². The van der Waals surface area contributed by atoms with Crippen LogP contribution in [0.1, 0.15) is 15.9 Å². The zero-order valence-electron chi connectivity index (χ0n) is 6.10. The molecule has 0 saturated carbocycles. The molecule has 3 heteroatoms. The quantitative estimate of drug-likeness (QED) is 0.491. The Morgan fingerprint density at radius 1 is 1.55 bits per heavy atom. The van der Waals surface area contributed by atoms with Gasteiger partial charge in [0.05, 0.1) is 5.56 Å². The van der Waals surface area contributed by atoms with Crippen LogP contribution in [0.5, 0.6) is 0 Å².